The molecule has 116 valence electrons. The molecule has 3 aromatic rings. The Balaban J connectivity index is 0.00000208. The lowest BCUT2D eigenvalue weighted by atomic mass is 10.0. The lowest BCUT2D eigenvalue weighted by Crippen LogP contribution is -2.05. The van der Waals surface area contributed by atoms with Crippen LogP contribution < -0.4 is 5.32 Å². The molecule has 0 unspecified atom stereocenters. The number of carbonyl (C=O) groups excluding carboxylic acids is 1. The van der Waals surface area contributed by atoms with Crippen molar-refractivity contribution in [3.63, 3.8) is 0 Å². The summed E-state index contributed by atoms with van der Waals surface area (Å²) in [6.07, 6.45) is 4.07. The Kier molecular flexibility index (Phi) is 4.20. The summed E-state index contributed by atoms with van der Waals surface area (Å²) < 4.78 is 0. The maximum atomic E-state index is 11.3. The number of pyridine rings is 1. The summed E-state index contributed by atoms with van der Waals surface area (Å²) in [7, 11) is 0. The highest BCUT2D eigenvalue weighted by atomic mass is 16.1. The minimum atomic E-state index is -0.0780. The zero-order valence-electron chi connectivity index (χ0n) is 13.2. The van der Waals surface area contributed by atoms with Crippen molar-refractivity contribution >= 4 is 28.6 Å². The van der Waals surface area contributed by atoms with Crippen molar-refractivity contribution in [2.45, 2.75) is 13.8 Å². The smallest absolute Gasteiger partial charge is 0.221 e. The molecule has 1 N–H and O–H groups in total. The molecule has 1 aromatic heterocycles. The zero-order chi connectivity index (χ0) is 16.2. The van der Waals surface area contributed by atoms with Gasteiger partial charge in [-0.15, -0.1) is 0 Å². The summed E-state index contributed by atoms with van der Waals surface area (Å²) in [4.78, 5) is 16.0. The van der Waals surface area contributed by atoms with E-state index in [1.807, 2.05) is 49.4 Å². The first-order valence-corrected chi connectivity index (χ1v) is 7.58. The third kappa shape index (κ3) is 3.29. The van der Waals surface area contributed by atoms with Gasteiger partial charge in [0.1, 0.15) is 0 Å². The number of anilines is 1. The van der Waals surface area contributed by atoms with E-state index in [9.17, 15) is 4.79 Å². The molecule has 0 spiro atoms. The maximum Gasteiger partial charge on any atom is 0.221 e. The van der Waals surface area contributed by atoms with Gasteiger partial charge in [-0.1, -0.05) is 42.5 Å². The SMILES string of the molecule is C/C=C\c1cc(-c2ccccc2)nc2ccc(NC(C)=O)cc12.[HH]. The van der Waals surface area contributed by atoms with Crippen LogP contribution >= 0.6 is 0 Å². The first-order chi connectivity index (χ1) is 11.2. The standard InChI is InChI=1S/C20H18N2O.H2/c1-3-7-16-12-20(15-8-5-4-6-9-15)22-19-11-10-17(13-18(16)19)21-14(2)23;/h3-13H,1-2H3,(H,21,23);1H/b7-3-;. The molecule has 0 aliphatic carbocycles. The van der Waals surface area contributed by atoms with Crippen LogP contribution in [0.25, 0.3) is 28.2 Å². The number of allylic oxidation sites excluding steroid dienone is 1. The van der Waals surface area contributed by atoms with Crippen LogP contribution in [0.1, 0.15) is 20.8 Å². The van der Waals surface area contributed by atoms with E-state index in [0.717, 1.165) is 33.4 Å². The van der Waals surface area contributed by atoms with Gasteiger partial charge in [0.2, 0.25) is 5.91 Å². The number of hydrogen-bond acceptors (Lipinski definition) is 2. The van der Waals surface area contributed by atoms with Gasteiger partial charge in [-0.2, -0.15) is 0 Å². The Labute approximate surface area is 137 Å². The fourth-order valence-corrected chi connectivity index (χ4v) is 2.61. The fourth-order valence-electron chi connectivity index (χ4n) is 2.61. The molecule has 3 heteroatoms. The van der Waals surface area contributed by atoms with Gasteiger partial charge in [-0.3, -0.25) is 4.79 Å². The second kappa shape index (κ2) is 6.44. The van der Waals surface area contributed by atoms with E-state index >= 15 is 0 Å². The van der Waals surface area contributed by atoms with Crippen LogP contribution in [0.15, 0.2) is 60.7 Å². The molecule has 2 aromatic carbocycles. The normalized spacial score (nSPS) is 11.0. The highest BCUT2D eigenvalue weighted by molar-refractivity contribution is 5.96. The summed E-state index contributed by atoms with van der Waals surface area (Å²) >= 11 is 0. The number of amides is 1. The molecular weight excluding hydrogens is 284 g/mol. The third-order valence-electron chi connectivity index (χ3n) is 3.58. The molecule has 0 atom stereocenters. The Bertz CT molecular complexity index is 889. The number of fused-ring (bicyclic) bond motifs is 1. The van der Waals surface area contributed by atoms with Crippen molar-refractivity contribution in [3.8, 4) is 11.3 Å². The topological polar surface area (TPSA) is 42.0 Å². The maximum absolute atomic E-state index is 11.3. The first kappa shape index (κ1) is 15.0. The van der Waals surface area contributed by atoms with Crippen molar-refractivity contribution in [3.05, 3.63) is 66.2 Å². The number of rotatable bonds is 3. The van der Waals surface area contributed by atoms with Crippen LogP contribution in [-0.2, 0) is 4.79 Å². The van der Waals surface area contributed by atoms with Crippen LogP contribution in [0.4, 0.5) is 5.69 Å². The summed E-state index contributed by atoms with van der Waals surface area (Å²) in [5.41, 5.74) is 4.81. The van der Waals surface area contributed by atoms with Gasteiger partial charge in [0.15, 0.2) is 0 Å². The molecule has 1 heterocycles. The highest BCUT2D eigenvalue weighted by Crippen LogP contribution is 2.27. The van der Waals surface area contributed by atoms with E-state index in [2.05, 4.69) is 29.6 Å². The molecular formula is C20H20N2O. The number of carbonyl (C=O) groups is 1. The molecule has 0 bridgehead atoms. The van der Waals surface area contributed by atoms with Crippen molar-refractivity contribution < 1.29 is 6.22 Å². The van der Waals surface area contributed by atoms with E-state index in [0.29, 0.717) is 0 Å². The molecule has 0 saturated carbocycles. The average molecular weight is 304 g/mol. The molecule has 0 saturated heterocycles. The summed E-state index contributed by atoms with van der Waals surface area (Å²) in [5, 5.41) is 3.84. The zero-order valence-corrected chi connectivity index (χ0v) is 13.2. The number of hydrogen-bond donors (Lipinski definition) is 1. The number of nitrogens with zero attached hydrogens (tertiary/aromatic N) is 1. The largest absolute Gasteiger partial charge is 0.326 e. The number of nitrogens with one attached hydrogen (secondary N) is 1. The van der Waals surface area contributed by atoms with Crippen LogP contribution in [0.5, 0.6) is 0 Å². The molecule has 23 heavy (non-hydrogen) atoms. The second-order valence-electron chi connectivity index (χ2n) is 5.38. The summed E-state index contributed by atoms with van der Waals surface area (Å²) in [6.45, 7) is 3.50. The van der Waals surface area contributed by atoms with Gasteiger partial charge < -0.3 is 5.32 Å². The molecule has 3 rings (SSSR count). The van der Waals surface area contributed by atoms with Crippen molar-refractivity contribution in [2.24, 2.45) is 0 Å². The van der Waals surface area contributed by atoms with E-state index < -0.39 is 0 Å². The summed E-state index contributed by atoms with van der Waals surface area (Å²) in [5.74, 6) is -0.0780. The lowest BCUT2D eigenvalue weighted by molar-refractivity contribution is -0.114. The van der Waals surface area contributed by atoms with E-state index in [-0.39, 0.29) is 7.33 Å². The molecule has 0 fully saturated rings. The van der Waals surface area contributed by atoms with Gasteiger partial charge in [-0.05, 0) is 36.8 Å². The van der Waals surface area contributed by atoms with Gasteiger partial charge in [0.25, 0.3) is 0 Å². The van der Waals surface area contributed by atoms with Gasteiger partial charge in [0, 0.05) is 25.0 Å². The average Bonchev–Trinajstić information content (AvgIpc) is 2.55. The minimum Gasteiger partial charge on any atom is -0.326 e. The predicted molar refractivity (Wildman–Crippen MR) is 98.3 cm³/mol. The van der Waals surface area contributed by atoms with Crippen molar-refractivity contribution in [1.29, 1.82) is 0 Å². The Morgan fingerprint density at radius 2 is 1.91 bits per heavy atom. The number of benzene rings is 2. The second-order valence-corrected chi connectivity index (χ2v) is 5.38. The van der Waals surface area contributed by atoms with Gasteiger partial charge in [0.05, 0.1) is 11.2 Å². The molecule has 0 radical (unpaired) electrons. The monoisotopic (exact) mass is 304 g/mol. The minimum absolute atomic E-state index is 0. The summed E-state index contributed by atoms with van der Waals surface area (Å²) in [6, 6.07) is 18.0. The first-order valence-electron chi connectivity index (χ1n) is 7.58. The quantitative estimate of drug-likeness (QED) is 0.728. The third-order valence-corrected chi connectivity index (χ3v) is 3.58. The van der Waals surface area contributed by atoms with E-state index in [1.165, 1.54) is 6.92 Å². The Morgan fingerprint density at radius 1 is 1.13 bits per heavy atom. The fraction of sp³-hybridized carbons (Fsp3) is 0.100. The van der Waals surface area contributed by atoms with Crippen LogP contribution in [0, 0.1) is 0 Å². The Morgan fingerprint density at radius 3 is 2.61 bits per heavy atom. The molecule has 0 aliphatic rings. The van der Waals surface area contributed by atoms with E-state index in [4.69, 9.17) is 4.98 Å². The van der Waals surface area contributed by atoms with Crippen molar-refractivity contribution in [1.82, 2.24) is 4.98 Å². The van der Waals surface area contributed by atoms with Crippen LogP contribution in [0.3, 0.4) is 0 Å². The van der Waals surface area contributed by atoms with Gasteiger partial charge in [-0.25, -0.2) is 4.98 Å². The molecule has 3 nitrogen and oxygen atoms in total. The lowest BCUT2D eigenvalue weighted by Gasteiger charge is -2.09. The van der Waals surface area contributed by atoms with Crippen LogP contribution in [0.2, 0.25) is 0 Å². The Hall–Kier alpha value is -2.94. The predicted octanol–water partition coefficient (Wildman–Crippen LogP) is 5.14. The van der Waals surface area contributed by atoms with E-state index in [1.54, 1.807) is 0 Å². The number of aromatic nitrogens is 1. The van der Waals surface area contributed by atoms with Crippen LogP contribution in [-0.4, -0.2) is 10.9 Å². The molecule has 0 aliphatic heterocycles. The highest BCUT2D eigenvalue weighted by Gasteiger charge is 2.07. The van der Waals surface area contributed by atoms with Gasteiger partial charge >= 0.3 is 0 Å². The van der Waals surface area contributed by atoms with Crippen molar-refractivity contribution in [2.75, 3.05) is 5.32 Å². The molecule has 1 amide bonds.